The van der Waals surface area contributed by atoms with Gasteiger partial charge >= 0.3 is 12.4 Å². The summed E-state index contributed by atoms with van der Waals surface area (Å²) in [5, 5.41) is 9.30. The Balaban J connectivity index is 3.60. The predicted octanol–water partition coefficient (Wildman–Crippen LogP) is 3.32. The topological polar surface area (TPSA) is 37.3 Å². The fraction of sp³-hybridized carbons (Fsp3) is 0.583. The molecule has 1 atom stereocenters. The zero-order valence-corrected chi connectivity index (χ0v) is 10.6. The summed E-state index contributed by atoms with van der Waals surface area (Å²) in [6.07, 6.45) is -10.6. The lowest BCUT2D eigenvalue weighted by atomic mass is 9.79. The zero-order valence-electron chi connectivity index (χ0n) is 10.6. The minimum absolute atomic E-state index is 0.282. The maximum absolute atomic E-state index is 12.8. The molecule has 0 spiro atoms. The molecule has 0 saturated heterocycles. The first-order chi connectivity index (χ1) is 8.82. The summed E-state index contributed by atoms with van der Waals surface area (Å²) in [6.45, 7) is 2.41. The molecule has 0 aliphatic heterocycles. The van der Waals surface area contributed by atoms with Crippen molar-refractivity contribution < 1.29 is 36.2 Å². The van der Waals surface area contributed by atoms with Gasteiger partial charge in [0.15, 0.2) is 5.78 Å². The molecule has 0 heterocycles. The van der Waals surface area contributed by atoms with Gasteiger partial charge in [0, 0.05) is 11.1 Å². The van der Waals surface area contributed by atoms with Crippen LogP contribution < -0.4 is 0 Å². The molecule has 20 heavy (non-hydrogen) atoms. The van der Waals surface area contributed by atoms with Crippen molar-refractivity contribution in [2.75, 3.05) is 0 Å². The summed E-state index contributed by atoms with van der Waals surface area (Å²) in [4.78, 5) is 11.3. The van der Waals surface area contributed by atoms with Crippen molar-refractivity contribution in [3.8, 4) is 0 Å². The maximum Gasteiger partial charge on any atom is 0.430 e. The van der Waals surface area contributed by atoms with Gasteiger partial charge in [-0.25, -0.2) is 0 Å². The van der Waals surface area contributed by atoms with Gasteiger partial charge in [-0.2, -0.15) is 26.3 Å². The third-order valence-electron chi connectivity index (χ3n) is 3.08. The van der Waals surface area contributed by atoms with Crippen LogP contribution in [-0.2, 0) is 4.79 Å². The van der Waals surface area contributed by atoms with Crippen molar-refractivity contribution in [1.29, 1.82) is 0 Å². The molecule has 2 nitrogen and oxygen atoms in total. The lowest BCUT2D eigenvalue weighted by molar-refractivity contribution is -0.351. The number of halogens is 6. The van der Waals surface area contributed by atoms with Crippen LogP contribution in [0.1, 0.15) is 20.3 Å². The van der Waals surface area contributed by atoms with E-state index in [1.807, 2.05) is 0 Å². The molecule has 114 valence electrons. The SMILES string of the molecule is CC(=O)C1=C(C(O)(C(F)(F)F)C(F)(F)F)C=CC(C)C1. The number of aliphatic hydroxyl groups is 1. The quantitative estimate of drug-likeness (QED) is 0.795. The first kappa shape index (κ1) is 16.7. The molecule has 0 bridgehead atoms. The van der Waals surface area contributed by atoms with E-state index in [1.54, 1.807) is 0 Å². The highest BCUT2D eigenvalue weighted by atomic mass is 19.4. The van der Waals surface area contributed by atoms with Crippen LogP contribution >= 0.6 is 0 Å². The molecule has 0 amide bonds. The molecule has 8 heteroatoms. The summed E-state index contributed by atoms with van der Waals surface area (Å²) in [6, 6.07) is 0. The van der Waals surface area contributed by atoms with Crippen molar-refractivity contribution in [3.63, 3.8) is 0 Å². The first-order valence-electron chi connectivity index (χ1n) is 5.61. The molecule has 1 unspecified atom stereocenters. The second-order valence-corrected chi connectivity index (χ2v) is 4.69. The van der Waals surface area contributed by atoms with Crippen LogP contribution in [0.15, 0.2) is 23.3 Å². The Morgan fingerprint density at radius 1 is 1.20 bits per heavy atom. The summed E-state index contributed by atoms with van der Waals surface area (Å²) in [7, 11) is 0. The van der Waals surface area contributed by atoms with Crippen LogP contribution in [0.5, 0.6) is 0 Å². The number of allylic oxidation sites excluding steroid dienone is 2. The van der Waals surface area contributed by atoms with E-state index in [2.05, 4.69) is 0 Å². The Hall–Kier alpha value is -1.31. The molecule has 0 aromatic heterocycles. The van der Waals surface area contributed by atoms with Gasteiger partial charge in [0.05, 0.1) is 0 Å². The van der Waals surface area contributed by atoms with E-state index < -0.39 is 34.9 Å². The molecular formula is C12H12F6O2. The highest BCUT2D eigenvalue weighted by molar-refractivity contribution is 5.95. The number of carbonyl (C=O) groups is 1. The zero-order chi connectivity index (χ0) is 15.9. The monoisotopic (exact) mass is 302 g/mol. The van der Waals surface area contributed by atoms with E-state index in [9.17, 15) is 36.2 Å². The van der Waals surface area contributed by atoms with Crippen molar-refractivity contribution in [2.45, 2.75) is 38.2 Å². The Labute approximate surface area is 110 Å². The van der Waals surface area contributed by atoms with E-state index in [-0.39, 0.29) is 12.3 Å². The van der Waals surface area contributed by atoms with E-state index in [4.69, 9.17) is 0 Å². The van der Waals surface area contributed by atoms with Gasteiger partial charge < -0.3 is 5.11 Å². The molecule has 1 N–H and O–H groups in total. The lowest BCUT2D eigenvalue weighted by Crippen LogP contribution is -2.58. The molecule has 1 rings (SSSR count). The van der Waals surface area contributed by atoms with Gasteiger partial charge in [-0.3, -0.25) is 4.79 Å². The van der Waals surface area contributed by atoms with Crippen molar-refractivity contribution in [2.24, 2.45) is 5.92 Å². The van der Waals surface area contributed by atoms with Crippen LogP contribution in [-0.4, -0.2) is 28.8 Å². The highest BCUT2D eigenvalue weighted by Crippen LogP contribution is 2.50. The number of rotatable bonds is 2. The second-order valence-electron chi connectivity index (χ2n) is 4.69. The third-order valence-corrected chi connectivity index (χ3v) is 3.08. The smallest absolute Gasteiger partial charge is 0.369 e. The van der Waals surface area contributed by atoms with Gasteiger partial charge in [0.25, 0.3) is 5.60 Å². The van der Waals surface area contributed by atoms with Gasteiger partial charge in [0.2, 0.25) is 0 Å². The molecule has 1 aliphatic rings. The van der Waals surface area contributed by atoms with Crippen LogP contribution in [0.3, 0.4) is 0 Å². The van der Waals surface area contributed by atoms with E-state index in [0.29, 0.717) is 6.08 Å². The van der Waals surface area contributed by atoms with Gasteiger partial charge in [0.1, 0.15) is 0 Å². The van der Waals surface area contributed by atoms with E-state index in [0.717, 1.165) is 13.0 Å². The Morgan fingerprint density at radius 2 is 1.65 bits per heavy atom. The van der Waals surface area contributed by atoms with Crippen molar-refractivity contribution in [3.05, 3.63) is 23.3 Å². The summed E-state index contributed by atoms with van der Waals surface area (Å²) < 4.78 is 76.6. The molecule has 0 radical (unpaired) electrons. The Kier molecular flexibility index (Phi) is 4.11. The van der Waals surface area contributed by atoms with Gasteiger partial charge in [-0.05, 0) is 19.3 Å². The number of hydrogen-bond donors (Lipinski definition) is 1. The Bertz CT molecular complexity index is 455. The highest BCUT2D eigenvalue weighted by Gasteiger charge is 2.72. The van der Waals surface area contributed by atoms with E-state index in [1.165, 1.54) is 6.92 Å². The van der Waals surface area contributed by atoms with E-state index >= 15 is 0 Å². The number of ketones is 1. The van der Waals surface area contributed by atoms with Gasteiger partial charge in [-0.15, -0.1) is 0 Å². The average molecular weight is 302 g/mol. The number of Topliss-reactive ketones (excluding diaryl/α,β-unsaturated/α-hetero) is 1. The normalized spacial score (nSPS) is 21.4. The van der Waals surface area contributed by atoms with Gasteiger partial charge in [-0.1, -0.05) is 19.1 Å². The molecule has 0 saturated carbocycles. The second kappa shape index (κ2) is 4.91. The fourth-order valence-electron chi connectivity index (χ4n) is 2.00. The number of alkyl halides is 6. The lowest BCUT2D eigenvalue weighted by Gasteiger charge is -2.36. The molecule has 0 fully saturated rings. The largest absolute Gasteiger partial charge is 0.430 e. The van der Waals surface area contributed by atoms with Crippen molar-refractivity contribution in [1.82, 2.24) is 0 Å². The molecule has 1 aliphatic carbocycles. The summed E-state index contributed by atoms with van der Waals surface area (Å²) in [5.74, 6) is -1.31. The maximum atomic E-state index is 12.8. The number of carbonyl (C=O) groups excluding carboxylic acids is 1. The predicted molar refractivity (Wildman–Crippen MR) is 57.7 cm³/mol. The fourth-order valence-corrected chi connectivity index (χ4v) is 2.00. The minimum Gasteiger partial charge on any atom is -0.369 e. The number of hydrogen-bond acceptors (Lipinski definition) is 2. The van der Waals surface area contributed by atoms with Crippen LogP contribution in [0.25, 0.3) is 0 Å². The molecule has 0 aromatic carbocycles. The van der Waals surface area contributed by atoms with Crippen LogP contribution in [0.4, 0.5) is 26.3 Å². The first-order valence-corrected chi connectivity index (χ1v) is 5.61. The third kappa shape index (κ3) is 2.61. The minimum atomic E-state index is -5.98. The average Bonchev–Trinajstić information content (AvgIpc) is 2.24. The van der Waals surface area contributed by atoms with Crippen molar-refractivity contribution >= 4 is 5.78 Å². The summed E-state index contributed by atoms with van der Waals surface area (Å²) >= 11 is 0. The summed E-state index contributed by atoms with van der Waals surface area (Å²) in [5.41, 5.74) is -7.14. The van der Waals surface area contributed by atoms with Crippen LogP contribution in [0.2, 0.25) is 0 Å². The molecule has 0 aromatic rings. The molecular weight excluding hydrogens is 290 g/mol. The standard InChI is InChI=1S/C12H12F6O2/c1-6-3-4-9(8(5-6)7(2)19)10(20,11(13,14)15)12(16,17)18/h3-4,6,20H,5H2,1-2H3. The Morgan fingerprint density at radius 3 is 2.00 bits per heavy atom. The van der Waals surface area contributed by atoms with Crippen LogP contribution in [0, 0.1) is 5.92 Å².